The van der Waals surface area contributed by atoms with E-state index in [4.69, 9.17) is 0 Å². The zero-order valence-corrected chi connectivity index (χ0v) is 32.0. The Kier molecular flexibility index (Phi) is 17.4. The van der Waals surface area contributed by atoms with E-state index in [0.717, 1.165) is 0 Å². The largest absolute Gasteiger partial charge is 2.00 e. The minimum Gasteiger partial charge on any atom is -1.00 e. The van der Waals surface area contributed by atoms with Gasteiger partial charge >= 0.3 is 52.4 Å². The number of benzene rings is 4. The van der Waals surface area contributed by atoms with Crippen molar-refractivity contribution in [2.24, 2.45) is 0 Å². The first-order chi connectivity index (χ1) is 19.4. The molecule has 0 heterocycles. The van der Waals surface area contributed by atoms with Gasteiger partial charge in [-0.1, -0.05) is 52.0 Å². The molecular weight excluding hydrogens is 734 g/mol. The molecule has 0 atom stereocenters. The average Bonchev–Trinajstić information content (AvgIpc) is 3.71. The molecule has 44 heavy (non-hydrogen) atoms. The van der Waals surface area contributed by atoms with Gasteiger partial charge in [-0.15, -0.1) is 162 Å². The van der Waals surface area contributed by atoms with Crippen LogP contribution < -0.4 is 24.8 Å². The van der Waals surface area contributed by atoms with E-state index in [2.05, 4.69) is 173 Å². The van der Waals surface area contributed by atoms with Crippen molar-refractivity contribution >= 4 is 43.1 Å². The van der Waals surface area contributed by atoms with E-state index in [0.29, 0.717) is 0 Å². The summed E-state index contributed by atoms with van der Waals surface area (Å²) in [7, 11) is 0. The molecule has 0 saturated carbocycles. The summed E-state index contributed by atoms with van der Waals surface area (Å²) in [5, 5.41) is 10.8. The molecule has 0 aliphatic carbocycles. The zero-order valence-electron chi connectivity index (χ0n) is 25.6. The molecule has 220 valence electrons. The van der Waals surface area contributed by atoms with Crippen molar-refractivity contribution in [2.75, 3.05) is 0 Å². The zero-order chi connectivity index (χ0) is 27.9. The first kappa shape index (κ1) is 39.7. The second-order valence-electron chi connectivity index (χ2n) is 10.6. The van der Waals surface area contributed by atoms with Crippen LogP contribution in [0.1, 0.15) is 22.3 Å². The summed E-state index contributed by atoms with van der Waals surface area (Å²) in [6.07, 6.45) is 0. The normalized spacial score (nSPS) is 9.55. The van der Waals surface area contributed by atoms with Crippen LogP contribution in [0.2, 0.25) is 0 Å². The van der Waals surface area contributed by atoms with E-state index < -0.39 is 0 Å². The fraction of sp³-hybridized carbons (Fsp3) is 0.100. The molecule has 0 nitrogen and oxygen atoms in total. The van der Waals surface area contributed by atoms with Crippen LogP contribution in [-0.2, 0) is 52.4 Å². The van der Waals surface area contributed by atoms with Crippen molar-refractivity contribution in [3.05, 3.63) is 168 Å². The molecule has 8 rings (SSSR count). The first-order valence-corrected chi connectivity index (χ1v) is 13.9. The smallest absolute Gasteiger partial charge is 1.00 e. The summed E-state index contributed by atoms with van der Waals surface area (Å²) >= 11 is 0. The van der Waals surface area contributed by atoms with E-state index in [9.17, 15) is 0 Å². The predicted molar refractivity (Wildman–Crippen MR) is 177 cm³/mol. The number of fused-ring (bicyclic) bond motifs is 4. The van der Waals surface area contributed by atoms with Crippen molar-refractivity contribution in [3.8, 4) is 0 Å². The van der Waals surface area contributed by atoms with Crippen molar-refractivity contribution in [3.63, 3.8) is 0 Å². The Bertz CT molecular complexity index is 1550. The summed E-state index contributed by atoms with van der Waals surface area (Å²) in [4.78, 5) is 0. The van der Waals surface area contributed by atoms with Gasteiger partial charge in [-0.05, 0) is 0 Å². The molecule has 4 heteroatoms. The summed E-state index contributed by atoms with van der Waals surface area (Å²) in [6.45, 7) is 8.50. The molecule has 0 amide bonds. The molecule has 8 aromatic rings. The molecule has 0 fully saturated rings. The fourth-order valence-corrected chi connectivity index (χ4v) is 5.22. The summed E-state index contributed by atoms with van der Waals surface area (Å²) in [6, 6.07) is 51.3. The van der Waals surface area contributed by atoms with Gasteiger partial charge in [0.1, 0.15) is 0 Å². The summed E-state index contributed by atoms with van der Waals surface area (Å²) < 4.78 is 0. The van der Waals surface area contributed by atoms with Crippen LogP contribution in [0.3, 0.4) is 0 Å². The maximum absolute atomic E-state index is 2.20. The van der Waals surface area contributed by atoms with Crippen molar-refractivity contribution < 1.29 is 77.2 Å². The van der Waals surface area contributed by atoms with Crippen LogP contribution in [-0.4, -0.2) is 0 Å². The molecule has 0 aromatic heterocycles. The number of rotatable bonds is 0. The van der Waals surface area contributed by atoms with E-state index in [1.54, 1.807) is 0 Å². The number of aryl methyl sites for hydroxylation is 4. The predicted octanol–water partition coefficient (Wildman–Crippen LogP) is 5.47. The van der Waals surface area contributed by atoms with Crippen molar-refractivity contribution in [1.82, 2.24) is 0 Å². The maximum atomic E-state index is 2.20. The van der Waals surface area contributed by atoms with Gasteiger partial charge in [-0.25, -0.2) is 0 Å². The van der Waals surface area contributed by atoms with Gasteiger partial charge in [-0.2, -0.15) is 24.3 Å². The Balaban J connectivity index is 0.000000285. The van der Waals surface area contributed by atoms with Gasteiger partial charge in [0.25, 0.3) is 0 Å². The summed E-state index contributed by atoms with van der Waals surface area (Å²) in [5.41, 5.74) is 5.39. The van der Waals surface area contributed by atoms with Crippen LogP contribution >= 0.6 is 0 Å². The molecule has 0 bridgehead atoms. The van der Waals surface area contributed by atoms with Crippen molar-refractivity contribution in [1.29, 1.82) is 0 Å². The second-order valence-corrected chi connectivity index (χ2v) is 10.6. The molecular formula is C40H36Cl2Zr2-2. The van der Waals surface area contributed by atoms with Crippen LogP contribution in [0.25, 0.3) is 43.1 Å². The van der Waals surface area contributed by atoms with Gasteiger partial charge in [0.15, 0.2) is 0 Å². The number of halogens is 2. The monoisotopic (exact) mass is 766 g/mol. The van der Waals surface area contributed by atoms with Crippen LogP contribution in [0, 0.1) is 27.7 Å². The molecule has 0 aliphatic rings. The standard InChI is InChI=1S/4C10H9.2ClH.2Zr/c4*1-8-6-9-4-2-3-5-10(9)7-8;;;;/h4*2-7H,1H3;2*1H;;/q4*-1;;;2*+2/p-2. The average molecular weight is 770 g/mol. The van der Waals surface area contributed by atoms with Gasteiger partial charge < -0.3 is 24.8 Å². The summed E-state index contributed by atoms with van der Waals surface area (Å²) in [5.74, 6) is 0. The Morgan fingerprint density at radius 2 is 0.500 bits per heavy atom. The van der Waals surface area contributed by atoms with E-state index in [1.165, 1.54) is 65.3 Å². The SMILES string of the molecule is Cc1cc2ccccc2[cH-]1.Cc1cc2ccccc2[cH-]1.Cc1cc2ccccc2[cH-]1.Cc1cc2ccccc2[cH-]1.[Cl-].[Cl-].[Zr+2].[Zr+2]. The Labute approximate surface area is 313 Å². The van der Waals surface area contributed by atoms with E-state index in [-0.39, 0.29) is 77.2 Å². The Hall–Kier alpha value is -2.33. The maximum Gasteiger partial charge on any atom is 2.00 e. The van der Waals surface area contributed by atoms with Gasteiger partial charge in [0.05, 0.1) is 0 Å². The quantitative estimate of drug-likeness (QED) is 0.180. The number of hydrogen-bond donors (Lipinski definition) is 0. The van der Waals surface area contributed by atoms with Gasteiger partial charge in [0.2, 0.25) is 0 Å². The second kappa shape index (κ2) is 19.2. The minimum absolute atomic E-state index is 0. The molecule has 8 aromatic carbocycles. The molecule has 0 aliphatic heterocycles. The molecule has 0 N–H and O–H groups in total. The number of hydrogen-bond acceptors (Lipinski definition) is 0. The van der Waals surface area contributed by atoms with Crippen LogP contribution in [0.4, 0.5) is 0 Å². The molecule has 0 radical (unpaired) electrons. The van der Waals surface area contributed by atoms with Gasteiger partial charge in [-0.3, -0.25) is 0 Å². The van der Waals surface area contributed by atoms with E-state index in [1.807, 2.05) is 0 Å². The minimum atomic E-state index is 0. The molecule has 0 spiro atoms. The van der Waals surface area contributed by atoms with Crippen molar-refractivity contribution in [2.45, 2.75) is 27.7 Å². The van der Waals surface area contributed by atoms with Crippen LogP contribution in [0.15, 0.2) is 146 Å². The van der Waals surface area contributed by atoms with Crippen LogP contribution in [0.5, 0.6) is 0 Å². The third kappa shape index (κ3) is 10.9. The molecule has 0 saturated heterocycles. The third-order valence-corrected chi connectivity index (χ3v) is 7.05. The topological polar surface area (TPSA) is 0 Å². The fourth-order valence-electron chi connectivity index (χ4n) is 5.22. The Morgan fingerprint density at radius 3 is 0.682 bits per heavy atom. The third-order valence-electron chi connectivity index (χ3n) is 7.05. The van der Waals surface area contributed by atoms with Gasteiger partial charge in [0, 0.05) is 0 Å². The Morgan fingerprint density at radius 1 is 0.318 bits per heavy atom. The van der Waals surface area contributed by atoms with E-state index >= 15 is 0 Å². The molecule has 0 unspecified atom stereocenters. The first-order valence-electron chi connectivity index (χ1n) is 13.9.